The Morgan fingerprint density at radius 3 is 2.85 bits per heavy atom. The number of aromatic amines is 1. The molecule has 1 aliphatic carbocycles. The highest BCUT2D eigenvalue weighted by Gasteiger charge is 2.43. The number of hydrogen-bond acceptors (Lipinski definition) is 3. The van der Waals surface area contributed by atoms with Crippen LogP contribution >= 0.6 is 11.6 Å². The number of aromatic nitrogens is 5. The quantitative estimate of drug-likeness (QED) is 0.388. The van der Waals surface area contributed by atoms with E-state index in [1.807, 2.05) is 19.1 Å². The number of aryl methyl sites for hydroxylation is 1. The molecule has 1 aromatic carbocycles. The molecule has 1 saturated carbocycles. The molecule has 2 atom stereocenters. The second-order valence-corrected chi connectivity index (χ2v) is 8.56. The molecule has 0 radical (unpaired) electrons. The molecule has 1 fully saturated rings. The van der Waals surface area contributed by atoms with Crippen LogP contribution in [-0.4, -0.2) is 36.2 Å². The lowest BCUT2D eigenvalue weighted by Crippen LogP contribution is -2.15. The molecule has 5 aromatic rings. The van der Waals surface area contributed by atoms with Crippen molar-refractivity contribution in [3.05, 3.63) is 65.6 Å². The third kappa shape index (κ3) is 3.11. The molecule has 0 unspecified atom stereocenters. The molecule has 0 aliphatic heterocycles. The van der Waals surface area contributed by atoms with E-state index in [-0.39, 0.29) is 17.4 Å². The van der Waals surface area contributed by atoms with Gasteiger partial charge in [-0.2, -0.15) is 5.10 Å². The van der Waals surface area contributed by atoms with Gasteiger partial charge in [-0.25, -0.2) is 13.8 Å². The number of rotatable bonds is 4. The second kappa shape index (κ2) is 7.14. The highest BCUT2D eigenvalue weighted by Crippen LogP contribution is 2.41. The van der Waals surface area contributed by atoms with Crippen molar-refractivity contribution in [3.8, 4) is 16.8 Å². The summed E-state index contributed by atoms with van der Waals surface area (Å²) in [6.07, 6.45) is 5.92. The summed E-state index contributed by atoms with van der Waals surface area (Å²) < 4.78 is 32.1. The zero-order valence-corrected chi connectivity index (χ0v) is 18.1. The van der Waals surface area contributed by atoms with E-state index in [0.717, 1.165) is 5.69 Å². The number of hydrogen-bond donors (Lipinski definition) is 2. The molecule has 7 nitrogen and oxygen atoms in total. The zero-order chi connectivity index (χ0) is 22.9. The summed E-state index contributed by atoms with van der Waals surface area (Å²) in [6, 6.07) is 7.23. The van der Waals surface area contributed by atoms with Gasteiger partial charge in [-0.3, -0.25) is 9.89 Å². The van der Waals surface area contributed by atoms with Gasteiger partial charge in [0.25, 0.3) is 0 Å². The van der Waals surface area contributed by atoms with Crippen LogP contribution in [0.4, 0.5) is 14.6 Å². The van der Waals surface area contributed by atoms with Gasteiger partial charge in [0.2, 0.25) is 5.91 Å². The average Bonchev–Trinajstić information content (AvgIpc) is 3.16. The van der Waals surface area contributed by atoms with Crippen LogP contribution in [0.2, 0.25) is 5.02 Å². The van der Waals surface area contributed by atoms with E-state index in [1.165, 1.54) is 0 Å². The summed E-state index contributed by atoms with van der Waals surface area (Å²) in [5, 5.41) is 10.3. The first-order chi connectivity index (χ1) is 15.9. The molecule has 10 heteroatoms. The number of nitrogens with one attached hydrogen (secondary N) is 2. The first kappa shape index (κ1) is 19.9. The van der Waals surface area contributed by atoms with Crippen LogP contribution in [0.1, 0.15) is 12.1 Å². The van der Waals surface area contributed by atoms with Gasteiger partial charge >= 0.3 is 0 Å². The number of carbonyl (C=O) groups excluding carboxylic acids is 1. The highest BCUT2D eigenvalue weighted by molar-refractivity contribution is 6.35. The number of imidazole rings is 1. The maximum atomic E-state index is 15.6. The fraction of sp³-hybridized carbons (Fsp3) is 0.174. The molecule has 1 aliphatic rings. The summed E-state index contributed by atoms with van der Waals surface area (Å²) in [5.74, 6) is -1.23. The van der Waals surface area contributed by atoms with Gasteiger partial charge in [-0.05, 0) is 37.6 Å². The van der Waals surface area contributed by atoms with Gasteiger partial charge in [-0.1, -0.05) is 11.6 Å². The molecular weight excluding hydrogens is 450 g/mol. The number of amides is 1. The van der Waals surface area contributed by atoms with Gasteiger partial charge in [0.05, 0.1) is 28.9 Å². The van der Waals surface area contributed by atoms with E-state index in [1.54, 1.807) is 45.9 Å². The minimum atomic E-state index is -1.08. The van der Waals surface area contributed by atoms with Crippen molar-refractivity contribution in [2.24, 2.45) is 5.92 Å². The highest BCUT2D eigenvalue weighted by atomic mass is 35.5. The van der Waals surface area contributed by atoms with Gasteiger partial charge < -0.3 is 14.3 Å². The lowest BCUT2D eigenvalue weighted by Gasteiger charge is -2.14. The number of carbonyl (C=O) groups is 1. The number of anilines is 1. The van der Waals surface area contributed by atoms with Crippen molar-refractivity contribution in [3.63, 3.8) is 0 Å². The lowest BCUT2D eigenvalue weighted by atomic mass is 10.0. The van der Waals surface area contributed by atoms with Gasteiger partial charge in [0.1, 0.15) is 17.5 Å². The largest absolute Gasteiger partial charge is 0.317 e. The fourth-order valence-corrected chi connectivity index (χ4v) is 4.48. The number of pyridine rings is 1. The molecule has 0 saturated heterocycles. The van der Waals surface area contributed by atoms with Crippen molar-refractivity contribution in [1.82, 2.24) is 24.1 Å². The van der Waals surface area contributed by atoms with Gasteiger partial charge in [0, 0.05) is 34.6 Å². The van der Waals surface area contributed by atoms with Crippen molar-refractivity contribution in [2.45, 2.75) is 19.5 Å². The smallest absolute Gasteiger partial charge is 0.231 e. The normalized spacial score (nSPS) is 17.7. The number of fused-ring (bicyclic) bond motifs is 2. The van der Waals surface area contributed by atoms with Crippen LogP contribution in [0.25, 0.3) is 33.4 Å². The van der Waals surface area contributed by atoms with Crippen molar-refractivity contribution < 1.29 is 13.6 Å². The molecular formula is C23H17ClF2N6O. The number of alkyl halides is 1. The predicted molar refractivity (Wildman–Crippen MR) is 121 cm³/mol. The number of nitrogens with zero attached hydrogens (tertiary/aromatic N) is 4. The summed E-state index contributed by atoms with van der Waals surface area (Å²) in [6.45, 7) is 1.88. The monoisotopic (exact) mass is 466 g/mol. The Hall–Kier alpha value is -3.72. The van der Waals surface area contributed by atoms with E-state index in [4.69, 9.17) is 11.6 Å². The van der Waals surface area contributed by atoms with Gasteiger partial charge in [0.15, 0.2) is 11.6 Å². The van der Waals surface area contributed by atoms with Crippen molar-refractivity contribution in [1.29, 1.82) is 0 Å². The fourth-order valence-electron chi connectivity index (χ4n) is 4.18. The molecule has 1 amide bonds. The molecule has 2 N–H and O–H groups in total. The molecule has 33 heavy (non-hydrogen) atoms. The molecule has 0 spiro atoms. The summed E-state index contributed by atoms with van der Waals surface area (Å²) in [5.41, 5.74) is 3.39. The topological polar surface area (TPSA) is 80.0 Å². The molecule has 4 aromatic heterocycles. The van der Waals surface area contributed by atoms with E-state index >= 15 is 4.39 Å². The van der Waals surface area contributed by atoms with Gasteiger partial charge in [-0.15, -0.1) is 0 Å². The van der Waals surface area contributed by atoms with Crippen LogP contribution in [0.5, 0.6) is 0 Å². The predicted octanol–water partition coefficient (Wildman–Crippen LogP) is 5.07. The Balaban J connectivity index is 1.46. The number of halogens is 3. The molecule has 0 bridgehead atoms. The van der Waals surface area contributed by atoms with Crippen LogP contribution in [0, 0.1) is 18.7 Å². The van der Waals surface area contributed by atoms with Crippen LogP contribution in [-0.2, 0) is 4.79 Å². The Morgan fingerprint density at radius 1 is 1.30 bits per heavy atom. The minimum absolute atomic E-state index is 0.0253. The van der Waals surface area contributed by atoms with Crippen molar-refractivity contribution in [2.75, 3.05) is 5.32 Å². The lowest BCUT2D eigenvalue weighted by molar-refractivity contribution is -0.117. The van der Waals surface area contributed by atoms with Crippen molar-refractivity contribution >= 4 is 39.9 Å². The molecule has 6 rings (SSSR count). The number of H-pyrrole nitrogens is 1. The first-order valence-corrected chi connectivity index (χ1v) is 10.7. The summed E-state index contributed by atoms with van der Waals surface area (Å²) >= 11 is 6.57. The third-order valence-corrected chi connectivity index (χ3v) is 6.35. The Bertz CT molecular complexity index is 1570. The van der Waals surface area contributed by atoms with E-state index in [0.29, 0.717) is 39.2 Å². The SMILES string of the molecule is Cc1cccn1-c1c(F)c(Cl)c(-c2ccc3nc(NC(=O)[C@@H]4C[C@@H]4F)cn3c2)c2cn[nH]c12. The Labute approximate surface area is 191 Å². The van der Waals surface area contributed by atoms with Crippen LogP contribution < -0.4 is 5.32 Å². The third-order valence-electron chi connectivity index (χ3n) is 6.00. The zero-order valence-electron chi connectivity index (χ0n) is 17.3. The maximum absolute atomic E-state index is 15.6. The Morgan fingerprint density at radius 2 is 2.12 bits per heavy atom. The van der Waals surface area contributed by atoms with Crippen LogP contribution in [0.15, 0.2) is 49.1 Å². The number of benzene rings is 1. The average molecular weight is 467 g/mol. The first-order valence-electron chi connectivity index (χ1n) is 10.3. The summed E-state index contributed by atoms with van der Waals surface area (Å²) in [4.78, 5) is 16.4. The molecule has 166 valence electrons. The maximum Gasteiger partial charge on any atom is 0.231 e. The minimum Gasteiger partial charge on any atom is -0.317 e. The van der Waals surface area contributed by atoms with E-state index < -0.39 is 17.9 Å². The standard InChI is InChI=1S/C23H17ClF2N6O/c1-11-3-2-6-32(11)22-20(26)19(24)18(14-8-27-30-21(14)22)12-4-5-17-28-16(10-31(17)9-12)29-23(33)13-7-15(13)25/h2-6,8-10,13,15H,7H2,1H3,(H,27,30)(H,29,33)/t13-,15+/m1/s1. The van der Waals surface area contributed by atoms with E-state index in [2.05, 4.69) is 20.5 Å². The molecule has 4 heterocycles. The van der Waals surface area contributed by atoms with E-state index in [9.17, 15) is 9.18 Å². The summed E-state index contributed by atoms with van der Waals surface area (Å²) in [7, 11) is 0. The van der Waals surface area contributed by atoms with Crippen LogP contribution in [0.3, 0.4) is 0 Å². The Kier molecular flexibility index (Phi) is 4.31. The second-order valence-electron chi connectivity index (χ2n) is 8.19.